The Morgan fingerprint density at radius 3 is 2.74 bits per heavy atom. The summed E-state index contributed by atoms with van der Waals surface area (Å²) < 4.78 is 17.5. The molecule has 1 saturated heterocycles. The number of carbonyl (C=O) groups is 1. The molecule has 6 heteroatoms. The van der Waals surface area contributed by atoms with Gasteiger partial charge in [-0.3, -0.25) is 4.90 Å². The van der Waals surface area contributed by atoms with Crippen LogP contribution in [-0.2, 0) is 21.5 Å². The fourth-order valence-corrected chi connectivity index (χ4v) is 5.91. The highest BCUT2D eigenvalue weighted by molar-refractivity contribution is 5.67. The largest absolute Gasteiger partial charge is 0.497 e. The third kappa shape index (κ3) is 4.84. The van der Waals surface area contributed by atoms with Crippen LogP contribution in [0.2, 0.25) is 0 Å². The van der Waals surface area contributed by atoms with Gasteiger partial charge in [0.25, 0.3) is 0 Å². The molecule has 4 rings (SSSR count). The molecule has 2 aliphatic rings. The second kappa shape index (κ2) is 10.6. The van der Waals surface area contributed by atoms with Crippen LogP contribution >= 0.6 is 0 Å². The average molecular weight is 465 g/mol. The molecule has 34 heavy (non-hydrogen) atoms. The molecule has 0 bridgehead atoms. The molecule has 1 aliphatic heterocycles. The van der Waals surface area contributed by atoms with Gasteiger partial charge in [-0.15, -0.1) is 6.58 Å². The maximum atomic E-state index is 12.7. The monoisotopic (exact) mass is 464 g/mol. The lowest BCUT2D eigenvalue weighted by Gasteiger charge is -2.59. The standard InChI is InChI=1S/C28H36N2O4/c1-4-16-30-17-15-27(23-11-8-12-25(18-23)32-2)19-24(13-14-28(27,21-30)33-3)29-26(31)34-20-22-9-6-5-7-10-22/h4-12,18,24H,1,13-17,19-21H2,2-3H3,(H,29,31). The zero-order valence-corrected chi connectivity index (χ0v) is 20.3. The van der Waals surface area contributed by atoms with Gasteiger partial charge in [-0.25, -0.2) is 4.79 Å². The lowest BCUT2D eigenvalue weighted by atomic mass is 9.55. The minimum atomic E-state index is -0.372. The number of rotatable bonds is 8. The van der Waals surface area contributed by atoms with Gasteiger partial charge in [-0.1, -0.05) is 48.5 Å². The maximum Gasteiger partial charge on any atom is 0.407 e. The molecule has 1 N–H and O–H groups in total. The van der Waals surface area contributed by atoms with Crippen LogP contribution in [0.25, 0.3) is 0 Å². The molecule has 2 fully saturated rings. The van der Waals surface area contributed by atoms with Crippen LogP contribution in [0.5, 0.6) is 5.75 Å². The number of nitrogens with one attached hydrogen (secondary N) is 1. The number of likely N-dealkylation sites (tertiary alicyclic amines) is 1. The van der Waals surface area contributed by atoms with Crippen molar-refractivity contribution in [1.82, 2.24) is 10.2 Å². The number of piperidine rings is 1. The average Bonchev–Trinajstić information content (AvgIpc) is 2.88. The van der Waals surface area contributed by atoms with Crippen LogP contribution in [0, 0.1) is 0 Å². The van der Waals surface area contributed by atoms with Gasteiger partial charge in [0.05, 0.1) is 12.7 Å². The maximum absolute atomic E-state index is 12.7. The number of alkyl carbamates (subject to hydrolysis) is 1. The first-order chi connectivity index (χ1) is 16.5. The van der Waals surface area contributed by atoms with Crippen LogP contribution in [0.15, 0.2) is 67.3 Å². The van der Waals surface area contributed by atoms with Gasteiger partial charge in [0.1, 0.15) is 12.4 Å². The summed E-state index contributed by atoms with van der Waals surface area (Å²) in [6, 6.07) is 18.1. The number of benzene rings is 2. The summed E-state index contributed by atoms with van der Waals surface area (Å²) in [6.07, 6.45) is 4.98. The van der Waals surface area contributed by atoms with Crippen molar-refractivity contribution in [2.75, 3.05) is 33.9 Å². The van der Waals surface area contributed by atoms with Crippen LogP contribution in [0.1, 0.15) is 36.8 Å². The molecule has 0 spiro atoms. The highest BCUT2D eigenvalue weighted by atomic mass is 16.5. The van der Waals surface area contributed by atoms with E-state index in [1.807, 2.05) is 55.7 Å². The van der Waals surface area contributed by atoms with E-state index in [0.29, 0.717) is 0 Å². The molecular weight excluding hydrogens is 428 g/mol. The van der Waals surface area contributed by atoms with Crippen molar-refractivity contribution in [3.63, 3.8) is 0 Å². The van der Waals surface area contributed by atoms with Crippen molar-refractivity contribution in [3.8, 4) is 5.75 Å². The fraction of sp³-hybridized carbons (Fsp3) is 0.464. The van der Waals surface area contributed by atoms with Gasteiger partial charge >= 0.3 is 6.09 Å². The Kier molecular flexibility index (Phi) is 7.59. The molecule has 1 heterocycles. The first-order valence-electron chi connectivity index (χ1n) is 12.0. The van der Waals surface area contributed by atoms with E-state index in [-0.39, 0.29) is 29.8 Å². The predicted octanol–water partition coefficient (Wildman–Crippen LogP) is 4.69. The van der Waals surface area contributed by atoms with Crippen molar-refractivity contribution in [2.45, 2.75) is 49.3 Å². The summed E-state index contributed by atoms with van der Waals surface area (Å²) in [5, 5.41) is 3.15. The Morgan fingerprint density at radius 2 is 2.00 bits per heavy atom. The number of amides is 1. The second-order valence-corrected chi connectivity index (χ2v) is 9.43. The highest BCUT2D eigenvalue weighted by Gasteiger charge is 2.59. The third-order valence-electron chi connectivity index (χ3n) is 7.63. The molecule has 3 atom stereocenters. The summed E-state index contributed by atoms with van der Waals surface area (Å²) >= 11 is 0. The molecular formula is C28H36N2O4. The summed E-state index contributed by atoms with van der Waals surface area (Å²) in [5.41, 5.74) is 1.58. The van der Waals surface area contributed by atoms with Gasteiger partial charge in [0.2, 0.25) is 0 Å². The van der Waals surface area contributed by atoms with E-state index in [1.54, 1.807) is 7.11 Å². The SMILES string of the molecule is C=CCN1CCC2(c3cccc(OC)c3)CC(NC(=O)OCc3ccccc3)CCC2(OC)C1. The summed E-state index contributed by atoms with van der Waals surface area (Å²) in [5.74, 6) is 0.836. The number of hydrogen-bond acceptors (Lipinski definition) is 5. The van der Waals surface area contributed by atoms with Crippen LogP contribution in [0.4, 0.5) is 4.79 Å². The lowest BCUT2D eigenvalue weighted by Crippen LogP contribution is -2.68. The summed E-state index contributed by atoms with van der Waals surface area (Å²) in [6.45, 7) is 6.81. The molecule has 1 aliphatic carbocycles. The number of methoxy groups -OCH3 is 2. The van der Waals surface area contributed by atoms with Crippen molar-refractivity contribution < 1.29 is 19.0 Å². The third-order valence-corrected chi connectivity index (χ3v) is 7.63. The first-order valence-corrected chi connectivity index (χ1v) is 12.0. The molecule has 2 aromatic rings. The second-order valence-electron chi connectivity index (χ2n) is 9.43. The van der Waals surface area contributed by atoms with E-state index in [9.17, 15) is 4.79 Å². The Bertz CT molecular complexity index is 981. The number of fused-ring (bicyclic) bond motifs is 1. The number of hydrogen-bond donors (Lipinski definition) is 1. The number of ether oxygens (including phenoxy) is 3. The Morgan fingerprint density at radius 1 is 1.18 bits per heavy atom. The first kappa shape index (κ1) is 24.3. The summed E-state index contributed by atoms with van der Waals surface area (Å²) in [7, 11) is 3.52. The number of nitrogens with zero attached hydrogens (tertiary/aromatic N) is 1. The number of carbonyl (C=O) groups excluding carboxylic acids is 1. The molecule has 0 radical (unpaired) electrons. The quantitative estimate of drug-likeness (QED) is 0.575. The molecule has 1 amide bonds. The molecule has 182 valence electrons. The van der Waals surface area contributed by atoms with E-state index >= 15 is 0 Å². The van der Waals surface area contributed by atoms with Gasteiger partial charge in [-0.05, 0) is 55.5 Å². The van der Waals surface area contributed by atoms with E-state index < -0.39 is 0 Å². The smallest absolute Gasteiger partial charge is 0.407 e. The normalized spacial score (nSPS) is 26.8. The van der Waals surface area contributed by atoms with E-state index in [1.165, 1.54) is 5.56 Å². The topological polar surface area (TPSA) is 60.0 Å². The highest BCUT2D eigenvalue weighted by Crippen LogP contribution is 2.53. The van der Waals surface area contributed by atoms with Crippen LogP contribution < -0.4 is 10.1 Å². The Hall–Kier alpha value is -2.83. The van der Waals surface area contributed by atoms with Crippen molar-refractivity contribution in [2.24, 2.45) is 0 Å². The molecule has 2 aromatic carbocycles. The van der Waals surface area contributed by atoms with Gasteiger partial charge in [-0.2, -0.15) is 0 Å². The van der Waals surface area contributed by atoms with Crippen molar-refractivity contribution >= 4 is 6.09 Å². The minimum absolute atomic E-state index is 0.00343. The predicted molar refractivity (Wildman–Crippen MR) is 133 cm³/mol. The fourth-order valence-electron chi connectivity index (χ4n) is 5.91. The van der Waals surface area contributed by atoms with Crippen LogP contribution in [0.3, 0.4) is 0 Å². The molecule has 0 aromatic heterocycles. The molecule has 1 saturated carbocycles. The van der Waals surface area contributed by atoms with Crippen LogP contribution in [-0.4, -0.2) is 56.5 Å². The minimum Gasteiger partial charge on any atom is -0.497 e. The van der Waals surface area contributed by atoms with Crippen molar-refractivity contribution in [3.05, 3.63) is 78.4 Å². The van der Waals surface area contributed by atoms with E-state index in [2.05, 4.69) is 28.9 Å². The lowest BCUT2D eigenvalue weighted by molar-refractivity contribution is -0.146. The van der Waals surface area contributed by atoms with E-state index in [0.717, 1.165) is 56.6 Å². The van der Waals surface area contributed by atoms with Gasteiger partial charge in [0.15, 0.2) is 0 Å². The zero-order chi connectivity index (χ0) is 24.0. The Balaban J connectivity index is 1.56. The zero-order valence-electron chi connectivity index (χ0n) is 20.3. The van der Waals surface area contributed by atoms with Gasteiger partial charge < -0.3 is 19.5 Å². The van der Waals surface area contributed by atoms with Gasteiger partial charge in [0, 0.05) is 31.7 Å². The summed E-state index contributed by atoms with van der Waals surface area (Å²) in [4.78, 5) is 15.1. The van der Waals surface area contributed by atoms with Crippen molar-refractivity contribution in [1.29, 1.82) is 0 Å². The molecule has 6 nitrogen and oxygen atoms in total. The Labute approximate surface area is 202 Å². The molecule has 3 unspecified atom stereocenters. The van der Waals surface area contributed by atoms with E-state index in [4.69, 9.17) is 14.2 Å².